The van der Waals surface area contributed by atoms with Gasteiger partial charge in [0.2, 0.25) is 0 Å². The predicted octanol–water partition coefficient (Wildman–Crippen LogP) is 3.27. The molecule has 1 aliphatic rings. The number of epoxide rings is 1. The summed E-state index contributed by atoms with van der Waals surface area (Å²) in [6.45, 7) is 5.93. The van der Waals surface area contributed by atoms with Crippen LogP contribution in [0.15, 0.2) is 24.3 Å². The molecule has 2 rings (SSSR count). The van der Waals surface area contributed by atoms with Gasteiger partial charge in [0.05, 0.1) is 13.2 Å². The highest BCUT2D eigenvalue weighted by molar-refractivity contribution is 5.82. The molecular weight excluding hydrogens is 324 g/mol. The number of benzene rings is 1. The second-order valence-corrected chi connectivity index (χ2v) is 6.16. The molecule has 0 aromatic heterocycles. The molecule has 2 unspecified atom stereocenters. The Kier molecular flexibility index (Phi) is 6.82. The van der Waals surface area contributed by atoms with Crippen LogP contribution in [0.2, 0.25) is 0 Å². The summed E-state index contributed by atoms with van der Waals surface area (Å²) >= 11 is 0. The van der Waals surface area contributed by atoms with E-state index in [1.807, 2.05) is 0 Å². The quantitative estimate of drug-likeness (QED) is 0.366. The van der Waals surface area contributed by atoms with Crippen LogP contribution >= 0.6 is 0 Å². The summed E-state index contributed by atoms with van der Waals surface area (Å²) in [4.78, 5) is 23.2. The molecular formula is C19H26O6. The number of unbranched alkanes of at least 4 members (excludes halogenated alkanes) is 1. The van der Waals surface area contributed by atoms with Crippen molar-refractivity contribution < 1.29 is 28.5 Å². The van der Waals surface area contributed by atoms with Crippen molar-refractivity contribution in [2.45, 2.75) is 58.2 Å². The van der Waals surface area contributed by atoms with Crippen LogP contribution in [0.5, 0.6) is 11.5 Å². The van der Waals surface area contributed by atoms with E-state index in [2.05, 4.69) is 6.92 Å². The van der Waals surface area contributed by atoms with Crippen molar-refractivity contribution in [1.29, 1.82) is 0 Å². The van der Waals surface area contributed by atoms with Crippen LogP contribution in [0, 0.1) is 0 Å². The number of hydrogen-bond acceptors (Lipinski definition) is 6. The van der Waals surface area contributed by atoms with E-state index >= 15 is 0 Å². The van der Waals surface area contributed by atoms with Crippen LogP contribution in [0.4, 0.5) is 0 Å². The van der Waals surface area contributed by atoms with E-state index in [0.29, 0.717) is 31.1 Å². The molecule has 6 nitrogen and oxygen atoms in total. The van der Waals surface area contributed by atoms with Crippen molar-refractivity contribution in [3.8, 4) is 11.5 Å². The summed E-state index contributed by atoms with van der Waals surface area (Å²) in [7, 11) is 0. The van der Waals surface area contributed by atoms with Gasteiger partial charge in [-0.3, -0.25) is 4.79 Å². The van der Waals surface area contributed by atoms with Crippen LogP contribution < -0.4 is 9.47 Å². The van der Waals surface area contributed by atoms with Gasteiger partial charge in [0.15, 0.2) is 5.60 Å². The molecule has 138 valence electrons. The van der Waals surface area contributed by atoms with E-state index in [0.717, 1.165) is 19.3 Å². The van der Waals surface area contributed by atoms with Crippen molar-refractivity contribution in [3.05, 3.63) is 24.3 Å². The molecule has 2 atom stereocenters. The van der Waals surface area contributed by atoms with Crippen molar-refractivity contribution in [1.82, 2.24) is 0 Å². The average molecular weight is 350 g/mol. The van der Waals surface area contributed by atoms with Gasteiger partial charge in [-0.25, -0.2) is 4.79 Å². The molecule has 1 heterocycles. The highest BCUT2D eigenvalue weighted by Crippen LogP contribution is 2.36. The Labute approximate surface area is 148 Å². The van der Waals surface area contributed by atoms with Crippen LogP contribution in [0.1, 0.15) is 46.5 Å². The smallest absolute Gasteiger partial charge is 0.340 e. The second-order valence-electron chi connectivity index (χ2n) is 6.16. The monoisotopic (exact) mass is 350 g/mol. The highest BCUT2D eigenvalue weighted by atomic mass is 16.6. The van der Waals surface area contributed by atoms with Crippen LogP contribution in [-0.2, 0) is 19.1 Å². The van der Waals surface area contributed by atoms with Gasteiger partial charge in [0, 0.05) is 19.4 Å². The zero-order chi connectivity index (χ0) is 18.3. The molecule has 1 saturated heterocycles. The van der Waals surface area contributed by atoms with Gasteiger partial charge in [-0.2, -0.15) is 0 Å². The standard InChI is InChI=1S/C19H26O6/c1-4-6-8-17(12-19(13-23-19)18(21)22-5-2)25-16-10-7-9-15(11-16)24-14(3)20/h7,9-11,17H,4-6,8,12-13H2,1-3H3. The fraction of sp³-hybridized carbons (Fsp3) is 0.579. The molecule has 1 aromatic carbocycles. The molecule has 0 saturated carbocycles. The molecule has 6 heteroatoms. The first kappa shape index (κ1) is 19.2. The van der Waals surface area contributed by atoms with Crippen molar-refractivity contribution in [2.24, 2.45) is 0 Å². The first-order valence-electron chi connectivity index (χ1n) is 8.75. The lowest BCUT2D eigenvalue weighted by molar-refractivity contribution is -0.150. The Morgan fingerprint density at radius 2 is 2.00 bits per heavy atom. The van der Waals surface area contributed by atoms with Gasteiger partial charge >= 0.3 is 11.9 Å². The molecule has 0 N–H and O–H groups in total. The summed E-state index contributed by atoms with van der Waals surface area (Å²) in [5.41, 5.74) is -0.873. The van der Waals surface area contributed by atoms with Gasteiger partial charge in [0.1, 0.15) is 17.6 Å². The first-order chi connectivity index (χ1) is 12.0. The normalized spacial score (nSPS) is 19.8. The zero-order valence-electron chi connectivity index (χ0n) is 15.1. The third kappa shape index (κ3) is 5.74. The Morgan fingerprint density at radius 1 is 1.28 bits per heavy atom. The fourth-order valence-corrected chi connectivity index (χ4v) is 2.64. The fourth-order valence-electron chi connectivity index (χ4n) is 2.64. The number of hydrogen-bond donors (Lipinski definition) is 0. The zero-order valence-corrected chi connectivity index (χ0v) is 15.1. The molecule has 0 bridgehead atoms. The molecule has 1 aliphatic heterocycles. The topological polar surface area (TPSA) is 74.4 Å². The van der Waals surface area contributed by atoms with E-state index in [9.17, 15) is 9.59 Å². The largest absolute Gasteiger partial charge is 0.490 e. The summed E-state index contributed by atoms with van der Waals surface area (Å²) in [5.74, 6) is 0.322. The van der Waals surface area contributed by atoms with E-state index < -0.39 is 5.60 Å². The lowest BCUT2D eigenvalue weighted by Crippen LogP contribution is -2.34. The molecule has 1 aromatic rings. The van der Waals surface area contributed by atoms with Gasteiger partial charge in [-0.1, -0.05) is 25.8 Å². The van der Waals surface area contributed by atoms with Crippen LogP contribution in [0.25, 0.3) is 0 Å². The maximum absolute atomic E-state index is 12.1. The van der Waals surface area contributed by atoms with Crippen molar-refractivity contribution >= 4 is 11.9 Å². The summed E-state index contributed by atoms with van der Waals surface area (Å²) < 4.78 is 21.7. The minimum Gasteiger partial charge on any atom is -0.490 e. The predicted molar refractivity (Wildman–Crippen MR) is 91.6 cm³/mol. The van der Waals surface area contributed by atoms with Crippen LogP contribution in [-0.4, -0.2) is 36.9 Å². The minimum absolute atomic E-state index is 0.181. The highest BCUT2D eigenvalue weighted by Gasteiger charge is 2.55. The Bertz CT molecular complexity index is 593. The summed E-state index contributed by atoms with van der Waals surface area (Å²) in [6.07, 6.45) is 3.08. The molecule has 0 aliphatic carbocycles. The van der Waals surface area contributed by atoms with Crippen molar-refractivity contribution in [3.63, 3.8) is 0 Å². The number of rotatable bonds is 10. The molecule has 0 radical (unpaired) electrons. The van der Waals surface area contributed by atoms with E-state index in [4.69, 9.17) is 18.9 Å². The maximum Gasteiger partial charge on any atom is 0.340 e. The van der Waals surface area contributed by atoms with Crippen LogP contribution in [0.3, 0.4) is 0 Å². The number of ether oxygens (including phenoxy) is 4. The minimum atomic E-state index is -0.873. The van der Waals surface area contributed by atoms with E-state index in [1.54, 1.807) is 31.2 Å². The molecule has 0 spiro atoms. The number of esters is 2. The van der Waals surface area contributed by atoms with Gasteiger partial charge in [-0.15, -0.1) is 0 Å². The lowest BCUT2D eigenvalue weighted by atomic mass is 9.98. The lowest BCUT2D eigenvalue weighted by Gasteiger charge is -2.22. The third-order valence-electron chi connectivity index (χ3n) is 3.95. The van der Waals surface area contributed by atoms with E-state index in [-0.39, 0.29) is 18.0 Å². The summed E-state index contributed by atoms with van der Waals surface area (Å²) in [6, 6.07) is 6.93. The third-order valence-corrected chi connectivity index (χ3v) is 3.95. The number of carbonyl (C=O) groups is 2. The first-order valence-corrected chi connectivity index (χ1v) is 8.75. The second kappa shape index (κ2) is 8.85. The Hall–Kier alpha value is -2.08. The van der Waals surface area contributed by atoms with Crippen molar-refractivity contribution in [2.75, 3.05) is 13.2 Å². The Balaban J connectivity index is 2.05. The molecule has 25 heavy (non-hydrogen) atoms. The van der Waals surface area contributed by atoms with Gasteiger partial charge < -0.3 is 18.9 Å². The average Bonchev–Trinajstić information content (AvgIpc) is 3.33. The van der Waals surface area contributed by atoms with E-state index in [1.165, 1.54) is 6.92 Å². The van der Waals surface area contributed by atoms with Gasteiger partial charge in [-0.05, 0) is 25.5 Å². The summed E-state index contributed by atoms with van der Waals surface area (Å²) in [5, 5.41) is 0. The molecule has 1 fully saturated rings. The maximum atomic E-state index is 12.1. The molecule has 0 amide bonds. The van der Waals surface area contributed by atoms with Gasteiger partial charge in [0.25, 0.3) is 0 Å². The Morgan fingerprint density at radius 3 is 2.60 bits per heavy atom. The number of carbonyl (C=O) groups excluding carboxylic acids is 2. The SMILES string of the molecule is CCCCC(CC1(C(=O)OCC)CO1)Oc1cccc(OC(C)=O)c1.